The molecule has 6 nitrogen and oxygen atoms in total. The van der Waals surface area contributed by atoms with Crippen molar-refractivity contribution in [3.63, 3.8) is 0 Å². The van der Waals surface area contributed by atoms with Gasteiger partial charge in [-0.3, -0.25) is 0 Å². The molecule has 0 atom stereocenters. The summed E-state index contributed by atoms with van der Waals surface area (Å²) in [6.07, 6.45) is 22.5. The average Bonchev–Trinajstić information content (AvgIpc) is 2.33. The molecular weight excluding hydrogens is 84.0 g/mol. The van der Waals surface area contributed by atoms with Crippen LogP contribution < -0.4 is 36.9 Å². The maximum Gasteiger partial charge on any atom is 0.115 e. The van der Waals surface area contributed by atoms with Crippen molar-refractivity contribution in [2.24, 2.45) is 0 Å². The van der Waals surface area contributed by atoms with Crippen LogP contribution in [0.2, 0.25) is 8.47 Å². The summed E-state index contributed by atoms with van der Waals surface area (Å²) in [6.45, 7) is 0. The van der Waals surface area contributed by atoms with E-state index in [0.29, 0.717) is 0 Å². The molecule has 0 bridgehead atoms. The topological polar surface area (TPSA) is 210 Å². The van der Waals surface area contributed by atoms with Crippen molar-refractivity contribution in [2.75, 3.05) is 0 Å². The normalized spacial score (nSPS) is 7.00. The second-order valence-electron chi connectivity index (χ2n) is 0. The third-order valence-electron chi connectivity index (χ3n) is 0. The number of hydrogen-bond donors (Lipinski definition) is 6. The summed E-state index contributed by atoms with van der Waals surface area (Å²) >= 11 is 0. The summed E-state index contributed by atoms with van der Waals surface area (Å²) in [6, 6.07) is 0. The van der Waals surface area contributed by atoms with Gasteiger partial charge in [-0.15, -0.1) is 0 Å². The van der Waals surface area contributed by atoms with Gasteiger partial charge in [-0.2, -0.15) is 0 Å². The van der Waals surface area contributed by atoms with Gasteiger partial charge in [-0.1, -0.05) is 0 Å². The van der Waals surface area contributed by atoms with Gasteiger partial charge in [-0.05, 0) is 0 Å². The first-order valence-electron chi connectivity index (χ1n) is 3.46. The van der Waals surface area contributed by atoms with E-state index in [1.807, 2.05) is 0 Å². The minimum Gasteiger partial charge on any atom is -0.344 e. The fourth-order valence-electron chi connectivity index (χ4n) is 0. The first-order valence-corrected chi connectivity index (χ1v) is 0. The molecule has 0 saturated heterocycles. The molecule has 0 spiro atoms. The predicted octanol–water partition coefficient (Wildman–Crippen LogP) is 0.972. The van der Waals surface area contributed by atoms with Gasteiger partial charge in [0.1, 0.15) is 8.47 Å². The van der Waals surface area contributed by atoms with Gasteiger partial charge in [0, 0.05) is 0 Å². The summed E-state index contributed by atoms with van der Waals surface area (Å²) in [5.74, 6) is 0. The Labute approximate surface area is 47.0 Å². The smallest absolute Gasteiger partial charge is 0.115 e. The summed E-state index contributed by atoms with van der Waals surface area (Å²) in [5.41, 5.74) is 0. The van der Waals surface area contributed by atoms with Crippen LogP contribution in [0.5, 0.6) is 0 Å². The predicted molar refractivity (Wildman–Crippen MR) is 30.1 cm³/mol. The molecule has 0 saturated carbocycles. The van der Waals surface area contributed by atoms with Gasteiger partial charge in [0.25, 0.3) is 0 Å². The van der Waals surface area contributed by atoms with Gasteiger partial charge in [-0.25, -0.2) is 0 Å². The standard InChI is InChI=1S/6H3N/h6*1H3/i/hD6. The lowest BCUT2D eigenvalue weighted by molar-refractivity contribution is 2.13. The van der Waals surface area contributed by atoms with Gasteiger partial charge in [0.2, 0.25) is 0 Å². The molecule has 0 aliphatic rings. The molecule has 0 rings (SSSR count). The lowest BCUT2D eigenvalue weighted by Gasteiger charge is -0.345. The Kier molecular flexibility index (Phi) is 766. The molecule has 0 amide bonds. The van der Waals surface area contributed by atoms with Gasteiger partial charge in [0.15, 0.2) is 0 Å². The van der Waals surface area contributed by atoms with Crippen LogP contribution >= 0.6 is 0 Å². The first kappa shape index (κ1) is 3.93. The molecule has 0 aromatic rings. The Morgan fingerprint density at radius 3 is 0.500 bits per heavy atom. The van der Waals surface area contributed by atoms with E-state index >= 15 is 0 Å². The van der Waals surface area contributed by atoms with Crippen molar-refractivity contribution in [2.45, 2.75) is 0 Å². The molecule has 18 N–H and O–H groups in total. The maximum atomic E-state index is 5.25. The van der Waals surface area contributed by atoms with Crippen molar-refractivity contribution >= 4 is 0 Å². The minimum atomic E-state index is 3.75. The summed E-state index contributed by atoms with van der Waals surface area (Å²) in [7, 11) is 0. The van der Waals surface area contributed by atoms with Crippen molar-refractivity contribution in [1.29, 1.82) is 0 Å². The molecule has 0 aromatic heterocycles. The van der Waals surface area contributed by atoms with E-state index in [4.69, 9.17) is 8.47 Å². The Balaban J connectivity index is -0.00000000900. The zero-order chi connectivity index (χ0) is 12.0. The molecule has 0 unspecified atom stereocenters. The molecule has 0 aromatic carbocycles. The van der Waals surface area contributed by atoms with E-state index in [1.165, 1.54) is 0 Å². The zero-order valence-electron chi connectivity index (χ0n) is 9.46. The second kappa shape index (κ2) is 1170. The molecule has 0 radical (unpaired) electrons. The highest BCUT2D eigenvalue weighted by Gasteiger charge is -0.339. The van der Waals surface area contributed by atoms with Crippen LogP contribution in [0.15, 0.2) is 0 Å². The Morgan fingerprint density at radius 2 is 0.500 bits per heavy atom. The second-order valence-corrected chi connectivity index (χ2v) is 0. The molecule has 6 heavy (non-hydrogen) atoms. The summed E-state index contributed by atoms with van der Waals surface area (Å²) in [5, 5.41) is 0. The third kappa shape index (κ3) is 497. The fourth-order valence-corrected chi connectivity index (χ4v) is 0. The van der Waals surface area contributed by atoms with E-state index in [9.17, 15) is 0 Å². The third-order valence-corrected chi connectivity index (χ3v) is 0. The van der Waals surface area contributed by atoms with Gasteiger partial charge < -0.3 is 36.9 Å². The van der Waals surface area contributed by atoms with E-state index in [1.54, 1.807) is 0 Å². The highest BCUT2D eigenvalue weighted by molar-refractivity contribution is 2.14. The number of rotatable bonds is 0. The monoisotopic (exact) mass is 108 g/mol. The maximum absolute atomic E-state index is 5.25. The van der Waals surface area contributed by atoms with Crippen LogP contribution in [-0.2, 0) is 0 Å². The molecule has 0 aliphatic heterocycles. The van der Waals surface area contributed by atoms with Crippen molar-refractivity contribution in [3.05, 3.63) is 0 Å². The van der Waals surface area contributed by atoms with E-state index < -0.39 is 0 Å². The molecular formula is H18N6. The first-order chi connectivity index (χ1) is 6.00. The van der Waals surface area contributed by atoms with E-state index in [2.05, 4.69) is 36.9 Å². The van der Waals surface area contributed by atoms with Crippen LogP contribution in [0.4, 0.5) is 0 Å². The molecule has 6 heteroatoms. The van der Waals surface area contributed by atoms with Crippen LogP contribution in [-0.4, -0.2) is 0 Å². The molecule has 48 valence electrons. The van der Waals surface area contributed by atoms with Crippen LogP contribution in [0, 0.1) is 0 Å². The Hall–Kier alpha value is -0.240. The van der Waals surface area contributed by atoms with Crippen LogP contribution in [0.1, 0.15) is 0 Å². The minimum absolute atomic E-state index is 3.75. The van der Waals surface area contributed by atoms with E-state index in [-0.39, 0.29) is 0 Å². The van der Waals surface area contributed by atoms with Crippen molar-refractivity contribution in [1.82, 2.24) is 36.9 Å². The summed E-state index contributed by atoms with van der Waals surface area (Å²) < 4.78 is 31.5. The molecule has 0 aliphatic carbocycles. The Bertz CT molecular complexity index is 12.0. The quantitative estimate of drug-likeness (QED) is 0.266. The SMILES string of the molecule is [2H]N.[2H]N.[2H]N.[2H]N.[2H]N.[2H]N. The van der Waals surface area contributed by atoms with Crippen molar-refractivity contribution in [3.8, 4) is 0 Å². The van der Waals surface area contributed by atoms with Crippen molar-refractivity contribution < 1.29 is 8.47 Å². The Morgan fingerprint density at radius 1 is 0.500 bits per heavy atom. The number of hydrogen-bond acceptors (Lipinski definition) is 6. The highest BCUT2D eigenvalue weighted by Crippen LogP contribution is -0.476. The van der Waals surface area contributed by atoms with Gasteiger partial charge >= 0.3 is 0 Å². The van der Waals surface area contributed by atoms with E-state index in [0.717, 1.165) is 0 Å². The van der Waals surface area contributed by atoms with Crippen LogP contribution in [0.25, 0.3) is 0 Å². The molecule has 0 heterocycles. The summed E-state index contributed by atoms with van der Waals surface area (Å²) in [4.78, 5) is 0. The lowest BCUT2D eigenvalue weighted by atomic mass is 14.0. The highest BCUT2D eigenvalue weighted by atomic mass is 14.0. The fraction of sp³-hybridized carbons (Fsp3) is 0. The molecule has 0 fully saturated rings. The zero-order valence-corrected chi connectivity index (χ0v) is 3.46. The van der Waals surface area contributed by atoms with Crippen LogP contribution in [0.3, 0.4) is 0 Å². The lowest BCUT2D eigenvalue weighted by Crippen LogP contribution is -0.482. The largest absolute Gasteiger partial charge is 0.344 e. The van der Waals surface area contributed by atoms with Gasteiger partial charge in [0.05, 0.1) is 0 Å². The average molecular weight is 108 g/mol.